The van der Waals surface area contributed by atoms with Crippen molar-refractivity contribution in [1.82, 2.24) is 19.9 Å². The van der Waals surface area contributed by atoms with E-state index in [0.29, 0.717) is 30.0 Å². The van der Waals surface area contributed by atoms with Gasteiger partial charge in [-0.05, 0) is 56.6 Å². The third-order valence-corrected chi connectivity index (χ3v) is 6.18. The fourth-order valence-electron chi connectivity index (χ4n) is 4.21. The molecule has 0 spiro atoms. The van der Waals surface area contributed by atoms with Gasteiger partial charge in [0.15, 0.2) is 17.9 Å². The predicted molar refractivity (Wildman–Crippen MR) is 140 cm³/mol. The van der Waals surface area contributed by atoms with Crippen LogP contribution in [0.4, 0.5) is 23.0 Å². The zero-order chi connectivity index (χ0) is 24.9. The van der Waals surface area contributed by atoms with Gasteiger partial charge in [-0.3, -0.25) is 9.89 Å². The highest BCUT2D eigenvalue weighted by atomic mass is 16.5. The topological polar surface area (TPSA) is 135 Å². The molecule has 0 radical (unpaired) electrons. The number of rotatable bonds is 7. The highest BCUT2D eigenvalue weighted by Gasteiger charge is 2.28. The lowest BCUT2D eigenvalue weighted by atomic mass is 10.1. The Morgan fingerprint density at radius 2 is 2.17 bits per heavy atom. The normalized spacial score (nSPS) is 19.2. The van der Waals surface area contributed by atoms with Crippen LogP contribution in [0.25, 0.3) is 0 Å². The Hall–Kier alpha value is -4.09. The fraction of sp³-hybridized carbons (Fsp3) is 0.320. The van der Waals surface area contributed by atoms with Crippen molar-refractivity contribution in [3.05, 3.63) is 54.1 Å². The van der Waals surface area contributed by atoms with Crippen molar-refractivity contribution in [2.24, 2.45) is 15.7 Å². The molecule has 4 N–H and O–H groups in total. The summed E-state index contributed by atoms with van der Waals surface area (Å²) in [6, 6.07) is 9.66. The van der Waals surface area contributed by atoms with Gasteiger partial charge in [-0.1, -0.05) is 0 Å². The predicted octanol–water partition coefficient (Wildman–Crippen LogP) is 3.57. The van der Waals surface area contributed by atoms with Crippen molar-refractivity contribution in [3.8, 4) is 11.5 Å². The number of benzene rings is 1. The molecule has 2 unspecified atom stereocenters. The van der Waals surface area contributed by atoms with E-state index in [1.54, 1.807) is 24.5 Å². The number of likely N-dealkylation sites (N-methyl/N-ethyl adjacent to an activating group) is 1. The van der Waals surface area contributed by atoms with Crippen LogP contribution in [-0.4, -0.2) is 65.0 Å². The first kappa shape index (κ1) is 23.6. The second kappa shape index (κ2) is 10.7. The van der Waals surface area contributed by atoms with Crippen molar-refractivity contribution >= 4 is 35.6 Å². The first-order valence-electron chi connectivity index (χ1n) is 11.8. The molecule has 1 saturated heterocycles. The van der Waals surface area contributed by atoms with E-state index in [1.165, 1.54) is 12.7 Å². The first-order valence-corrected chi connectivity index (χ1v) is 11.8. The van der Waals surface area contributed by atoms with Gasteiger partial charge in [0.1, 0.15) is 29.2 Å². The Morgan fingerprint density at radius 1 is 1.25 bits per heavy atom. The molecule has 0 amide bonds. The summed E-state index contributed by atoms with van der Waals surface area (Å²) in [7, 11) is 2.06. The van der Waals surface area contributed by atoms with Crippen LogP contribution in [0.5, 0.6) is 11.5 Å². The van der Waals surface area contributed by atoms with E-state index >= 15 is 0 Å². The van der Waals surface area contributed by atoms with Gasteiger partial charge >= 0.3 is 0 Å². The lowest BCUT2D eigenvalue weighted by Gasteiger charge is -2.37. The standard InChI is InChI=1S/C25H29N9O2/c1-16-10-17(5-6-21(16)36-19-7-8-27-22(11-19)29-14-26)32-24-23-20(30-15-31-24)12-28-25(33-23)34(2)18-4-3-9-35-13-18/h5-8,10-12,14-15,18,25,33H,3-4,9,13H2,1-2H3,(H2,26,27,29)(H,30,31,32). The molecule has 11 nitrogen and oxygen atoms in total. The summed E-state index contributed by atoms with van der Waals surface area (Å²) in [6.45, 7) is 3.52. The summed E-state index contributed by atoms with van der Waals surface area (Å²) in [5.41, 5.74) is 8.73. The molecule has 2 aromatic heterocycles. The minimum absolute atomic E-state index is 0.220. The first-order chi connectivity index (χ1) is 17.6. The van der Waals surface area contributed by atoms with Gasteiger partial charge in [-0.25, -0.2) is 19.9 Å². The number of aromatic nitrogens is 3. The average Bonchev–Trinajstić information content (AvgIpc) is 2.91. The van der Waals surface area contributed by atoms with E-state index in [1.807, 2.05) is 25.1 Å². The number of nitrogens with two attached hydrogens (primary N) is 1. The highest BCUT2D eigenvalue weighted by Crippen LogP contribution is 2.32. The molecule has 2 atom stereocenters. The minimum atomic E-state index is -0.220. The molecular formula is C25H29N9O2. The molecule has 186 valence electrons. The molecule has 36 heavy (non-hydrogen) atoms. The minimum Gasteiger partial charge on any atom is -0.457 e. The van der Waals surface area contributed by atoms with Gasteiger partial charge in [-0.2, -0.15) is 0 Å². The third kappa shape index (κ3) is 5.26. The monoisotopic (exact) mass is 487 g/mol. The maximum Gasteiger partial charge on any atom is 0.176 e. The van der Waals surface area contributed by atoms with E-state index in [4.69, 9.17) is 15.2 Å². The second-order valence-electron chi connectivity index (χ2n) is 8.65. The SMILES string of the molecule is Cc1cc(Nc2ncnc3c2NC(N(C)C2CCCOC2)N=C3)ccc1Oc1ccnc(N=CN)c1. The summed E-state index contributed by atoms with van der Waals surface area (Å²) in [6.07, 6.45) is 8.08. The lowest BCUT2D eigenvalue weighted by molar-refractivity contribution is 0.0173. The summed E-state index contributed by atoms with van der Waals surface area (Å²) in [5, 5.41) is 6.90. The maximum absolute atomic E-state index is 6.04. The zero-order valence-electron chi connectivity index (χ0n) is 20.3. The second-order valence-corrected chi connectivity index (χ2v) is 8.65. The number of aryl methyl sites for hydroxylation is 1. The molecule has 3 aromatic rings. The molecule has 5 rings (SSSR count). The van der Waals surface area contributed by atoms with Crippen molar-refractivity contribution in [1.29, 1.82) is 0 Å². The van der Waals surface area contributed by atoms with Gasteiger partial charge in [0.25, 0.3) is 0 Å². The largest absolute Gasteiger partial charge is 0.457 e. The Balaban J connectivity index is 1.31. The van der Waals surface area contributed by atoms with Gasteiger partial charge in [0.05, 0.1) is 19.2 Å². The van der Waals surface area contributed by atoms with Gasteiger partial charge in [0.2, 0.25) is 0 Å². The van der Waals surface area contributed by atoms with Crippen LogP contribution >= 0.6 is 0 Å². The molecule has 0 aliphatic carbocycles. The summed E-state index contributed by atoms with van der Waals surface area (Å²) < 4.78 is 11.7. The van der Waals surface area contributed by atoms with Gasteiger partial charge in [-0.15, -0.1) is 0 Å². The summed E-state index contributed by atoms with van der Waals surface area (Å²) in [5.74, 6) is 2.51. The van der Waals surface area contributed by atoms with E-state index in [2.05, 4.69) is 47.5 Å². The number of anilines is 3. The maximum atomic E-state index is 6.04. The van der Waals surface area contributed by atoms with E-state index < -0.39 is 0 Å². The molecule has 1 aromatic carbocycles. The molecule has 2 aliphatic rings. The number of ether oxygens (including phenoxy) is 2. The van der Waals surface area contributed by atoms with Crippen LogP contribution in [0.15, 0.2) is 52.8 Å². The quantitative estimate of drug-likeness (QED) is 0.337. The van der Waals surface area contributed by atoms with Crippen molar-refractivity contribution in [2.45, 2.75) is 32.1 Å². The Labute approximate surface area is 209 Å². The number of hydrogen-bond acceptors (Lipinski definition) is 10. The van der Waals surface area contributed by atoms with Crippen LogP contribution in [0.2, 0.25) is 0 Å². The number of hydrogen-bond donors (Lipinski definition) is 3. The van der Waals surface area contributed by atoms with Gasteiger partial charge < -0.3 is 25.8 Å². The van der Waals surface area contributed by atoms with Crippen molar-refractivity contribution in [2.75, 3.05) is 30.9 Å². The molecular weight excluding hydrogens is 458 g/mol. The Bertz CT molecular complexity index is 1270. The lowest BCUT2D eigenvalue weighted by Crippen LogP contribution is -2.48. The number of fused-ring (bicyclic) bond motifs is 1. The summed E-state index contributed by atoms with van der Waals surface area (Å²) >= 11 is 0. The van der Waals surface area contributed by atoms with Crippen LogP contribution < -0.4 is 21.1 Å². The van der Waals surface area contributed by atoms with Crippen LogP contribution in [-0.2, 0) is 4.74 Å². The third-order valence-electron chi connectivity index (χ3n) is 6.18. The molecule has 0 saturated carbocycles. The van der Waals surface area contributed by atoms with E-state index in [-0.39, 0.29) is 6.29 Å². The Morgan fingerprint density at radius 3 is 2.97 bits per heavy atom. The van der Waals surface area contributed by atoms with Crippen LogP contribution in [0.1, 0.15) is 24.1 Å². The van der Waals surface area contributed by atoms with E-state index in [9.17, 15) is 0 Å². The molecule has 2 aliphatic heterocycles. The van der Waals surface area contributed by atoms with Crippen molar-refractivity contribution < 1.29 is 9.47 Å². The average molecular weight is 488 g/mol. The molecule has 4 heterocycles. The van der Waals surface area contributed by atoms with Crippen molar-refractivity contribution in [3.63, 3.8) is 0 Å². The van der Waals surface area contributed by atoms with Crippen LogP contribution in [0, 0.1) is 6.92 Å². The smallest absolute Gasteiger partial charge is 0.176 e. The number of pyridine rings is 1. The summed E-state index contributed by atoms with van der Waals surface area (Å²) in [4.78, 5) is 23.8. The highest BCUT2D eigenvalue weighted by molar-refractivity contribution is 5.92. The Kier molecular flexibility index (Phi) is 7.01. The van der Waals surface area contributed by atoms with Crippen LogP contribution in [0.3, 0.4) is 0 Å². The fourth-order valence-corrected chi connectivity index (χ4v) is 4.21. The zero-order valence-corrected chi connectivity index (χ0v) is 20.3. The number of nitrogens with one attached hydrogen (secondary N) is 2. The molecule has 1 fully saturated rings. The van der Waals surface area contributed by atoms with E-state index in [0.717, 1.165) is 47.8 Å². The number of nitrogens with zero attached hydrogens (tertiary/aromatic N) is 6. The molecule has 11 heteroatoms. The van der Waals surface area contributed by atoms with Gasteiger partial charge in [0, 0.05) is 30.6 Å². The number of aliphatic imine (C=N–C) groups is 2. The molecule has 0 bridgehead atoms.